The molecule has 0 spiro atoms. The zero-order valence-electron chi connectivity index (χ0n) is 9.97. The average molecular weight is 245 g/mol. The van der Waals surface area contributed by atoms with E-state index >= 15 is 0 Å². The summed E-state index contributed by atoms with van der Waals surface area (Å²) in [5.41, 5.74) is 10.6. The van der Waals surface area contributed by atoms with Crippen LogP contribution in [-0.4, -0.2) is 35.0 Å². The van der Waals surface area contributed by atoms with Crippen LogP contribution in [0.5, 0.6) is 0 Å². The van der Waals surface area contributed by atoms with Crippen molar-refractivity contribution < 1.29 is 19.5 Å². The quantitative estimate of drug-likeness (QED) is 0.447. The SMILES string of the molecule is CC(C)[C@H](NC(=O)[C@@H](N)CCC(=O)O)C(N)=O. The van der Waals surface area contributed by atoms with Gasteiger partial charge in [0.05, 0.1) is 6.04 Å². The molecule has 0 aromatic rings. The summed E-state index contributed by atoms with van der Waals surface area (Å²) < 4.78 is 0. The largest absolute Gasteiger partial charge is 0.481 e. The van der Waals surface area contributed by atoms with E-state index in [1.165, 1.54) is 0 Å². The van der Waals surface area contributed by atoms with Gasteiger partial charge in [0.25, 0.3) is 0 Å². The number of nitrogens with one attached hydrogen (secondary N) is 1. The van der Waals surface area contributed by atoms with Gasteiger partial charge in [0.2, 0.25) is 11.8 Å². The second-order valence-corrected chi connectivity index (χ2v) is 4.17. The third-order valence-electron chi connectivity index (χ3n) is 2.28. The number of carboxylic acid groups (broad SMARTS) is 1. The molecule has 0 radical (unpaired) electrons. The molecule has 0 aliphatic carbocycles. The van der Waals surface area contributed by atoms with Gasteiger partial charge in [-0.25, -0.2) is 0 Å². The van der Waals surface area contributed by atoms with E-state index in [0.29, 0.717) is 0 Å². The maximum absolute atomic E-state index is 11.5. The Morgan fingerprint density at radius 1 is 1.29 bits per heavy atom. The van der Waals surface area contributed by atoms with E-state index in [2.05, 4.69) is 5.32 Å². The number of amides is 2. The van der Waals surface area contributed by atoms with Crippen LogP contribution < -0.4 is 16.8 Å². The van der Waals surface area contributed by atoms with Gasteiger partial charge in [0.1, 0.15) is 6.04 Å². The Morgan fingerprint density at radius 3 is 2.18 bits per heavy atom. The molecule has 0 saturated carbocycles. The van der Waals surface area contributed by atoms with Crippen molar-refractivity contribution in [2.24, 2.45) is 17.4 Å². The first-order valence-electron chi connectivity index (χ1n) is 5.32. The third kappa shape index (κ3) is 5.86. The Morgan fingerprint density at radius 2 is 1.82 bits per heavy atom. The Balaban J connectivity index is 4.31. The lowest BCUT2D eigenvalue weighted by molar-refractivity contribution is -0.137. The van der Waals surface area contributed by atoms with Crippen LogP contribution in [0.2, 0.25) is 0 Å². The molecule has 0 rings (SSSR count). The van der Waals surface area contributed by atoms with Crippen LogP contribution in [0.15, 0.2) is 0 Å². The second-order valence-electron chi connectivity index (χ2n) is 4.17. The molecule has 0 aliphatic heterocycles. The van der Waals surface area contributed by atoms with Gasteiger partial charge in [-0.2, -0.15) is 0 Å². The van der Waals surface area contributed by atoms with Gasteiger partial charge >= 0.3 is 5.97 Å². The van der Waals surface area contributed by atoms with Crippen LogP contribution in [-0.2, 0) is 14.4 Å². The summed E-state index contributed by atoms with van der Waals surface area (Å²) in [7, 11) is 0. The van der Waals surface area contributed by atoms with E-state index in [1.54, 1.807) is 13.8 Å². The molecule has 98 valence electrons. The molecular weight excluding hydrogens is 226 g/mol. The first kappa shape index (κ1) is 15.4. The van der Waals surface area contributed by atoms with Crippen molar-refractivity contribution in [2.45, 2.75) is 38.8 Å². The van der Waals surface area contributed by atoms with Crippen LogP contribution in [0.25, 0.3) is 0 Å². The van der Waals surface area contributed by atoms with E-state index in [4.69, 9.17) is 16.6 Å². The van der Waals surface area contributed by atoms with Gasteiger partial charge in [-0.05, 0) is 12.3 Å². The van der Waals surface area contributed by atoms with Gasteiger partial charge in [-0.1, -0.05) is 13.8 Å². The number of nitrogens with two attached hydrogens (primary N) is 2. The zero-order chi connectivity index (χ0) is 13.6. The maximum Gasteiger partial charge on any atom is 0.303 e. The number of aliphatic carboxylic acids is 1. The van der Waals surface area contributed by atoms with Crippen LogP contribution in [0.4, 0.5) is 0 Å². The highest BCUT2D eigenvalue weighted by molar-refractivity contribution is 5.89. The lowest BCUT2D eigenvalue weighted by Gasteiger charge is -2.21. The molecule has 0 aromatic carbocycles. The fraction of sp³-hybridized carbons (Fsp3) is 0.700. The highest BCUT2D eigenvalue weighted by Crippen LogP contribution is 2.02. The number of primary amides is 1. The fourth-order valence-corrected chi connectivity index (χ4v) is 1.24. The summed E-state index contributed by atoms with van der Waals surface area (Å²) >= 11 is 0. The topological polar surface area (TPSA) is 136 Å². The molecule has 0 aromatic heterocycles. The summed E-state index contributed by atoms with van der Waals surface area (Å²) in [6.07, 6.45) is -0.178. The maximum atomic E-state index is 11.5. The fourth-order valence-electron chi connectivity index (χ4n) is 1.24. The Labute approximate surface area is 99.5 Å². The number of carboxylic acids is 1. The second kappa shape index (κ2) is 6.85. The van der Waals surface area contributed by atoms with E-state index in [-0.39, 0.29) is 18.8 Å². The predicted molar refractivity (Wildman–Crippen MR) is 60.8 cm³/mol. The van der Waals surface area contributed by atoms with Gasteiger partial charge < -0.3 is 21.9 Å². The van der Waals surface area contributed by atoms with Crippen LogP contribution >= 0.6 is 0 Å². The summed E-state index contributed by atoms with van der Waals surface area (Å²) in [6, 6.07) is -1.75. The summed E-state index contributed by atoms with van der Waals surface area (Å²) in [6.45, 7) is 3.47. The van der Waals surface area contributed by atoms with Gasteiger partial charge in [-0.15, -0.1) is 0 Å². The molecule has 2 amide bonds. The standard InChI is InChI=1S/C10H19N3O4/c1-5(2)8(9(12)16)13-10(17)6(11)3-4-7(14)15/h5-6,8H,3-4,11H2,1-2H3,(H2,12,16)(H,13,17)(H,14,15)/t6-,8-/m0/s1. The lowest BCUT2D eigenvalue weighted by atomic mass is 10.0. The first-order chi connectivity index (χ1) is 7.75. The van der Waals surface area contributed by atoms with Crippen molar-refractivity contribution in [3.63, 3.8) is 0 Å². The molecule has 0 aliphatic rings. The smallest absolute Gasteiger partial charge is 0.303 e. The normalized spacial score (nSPS) is 14.1. The molecule has 0 bridgehead atoms. The Hall–Kier alpha value is -1.63. The first-order valence-corrected chi connectivity index (χ1v) is 5.32. The molecule has 0 unspecified atom stereocenters. The minimum absolute atomic E-state index is 0.0186. The van der Waals surface area contributed by atoms with Crippen molar-refractivity contribution in [1.29, 1.82) is 0 Å². The van der Waals surface area contributed by atoms with Crippen molar-refractivity contribution >= 4 is 17.8 Å². The lowest BCUT2D eigenvalue weighted by Crippen LogP contribution is -2.52. The van der Waals surface area contributed by atoms with Gasteiger partial charge in [-0.3, -0.25) is 14.4 Å². The third-order valence-corrected chi connectivity index (χ3v) is 2.28. The molecule has 0 saturated heterocycles. The van der Waals surface area contributed by atoms with Crippen LogP contribution in [0.1, 0.15) is 26.7 Å². The summed E-state index contributed by atoms with van der Waals surface area (Å²) in [5, 5.41) is 10.8. The van der Waals surface area contributed by atoms with Crippen molar-refractivity contribution in [3.8, 4) is 0 Å². The molecule has 6 N–H and O–H groups in total. The van der Waals surface area contributed by atoms with Gasteiger partial charge in [0, 0.05) is 6.42 Å². The van der Waals surface area contributed by atoms with Crippen LogP contribution in [0.3, 0.4) is 0 Å². The molecule has 7 nitrogen and oxygen atoms in total. The molecule has 2 atom stereocenters. The molecule has 7 heteroatoms. The minimum Gasteiger partial charge on any atom is -0.481 e. The van der Waals surface area contributed by atoms with E-state index in [0.717, 1.165) is 0 Å². The minimum atomic E-state index is -1.02. The molecule has 0 heterocycles. The van der Waals surface area contributed by atoms with Crippen molar-refractivity contribution in [2.75, 3.05) is 0 Å². The van der Waals surface area contributed by atoms with E-state index in [1.807, 2.05) is 0 Å². The van der Waals surface area contributed by atoms with Crippen LogP contribution in [0, 0.1) is 5.92 Å². The van der Waals surface area contributed by atoms with E-state index in [9.17, 15) is 14.4 Å². The van der Waals surface area contributed by atoms with E-state index < -0.39 is 29.9 Å². The number of hydrogen-bond acceptors (Lipinski definition) is 4. The average Bonchev–Trinajstić information content (AvgIpc) is 2.20. The zero-order valence-corrected chi connectivity index (χ0v) is 9.97. The summed E-state index contributed by atoms with van der Waals surface area (Å²) in [4.78, 5) is 32.9. The molecular formula is C10H19N3O4. The summed E-state index contributed by atoms with van der Waals surface area (Å²) in [5.74, 6) is -2.38. The predicted octanol–water partition coefficient (Wildman–Crippen LogP) is -1.20. The van der Waals surface area contributed by atoms with Crippen molar-refractivity contribution in [3.05, 3.63) is 0 Å². The number of carbonyl (C=O) groups is 3. The number of carbonyl (C=O) groups excluding carboxylic acids is 2. The number of rotatable bonds is 7. The molecule has 0 fully saturated rings. The number of hydrogen-bond donors (Lipinski definition) is 4. The van der Waals surface area contributed by atoms with Gasteiger partial charge in [0.15, 0.2) is 0 Å². The Bertz CT molecular complexity index is 304. The highest BCUT2D eigenvalue weighted by atomic mass is 16.4. The van der Waals surface area contributed by atoms with Crippen molar-refractivity contribution in [1.82, 2.24) is 5.32 Å². The highest BCUT2D eigenvalue weighted by Gasteiger charge is 2.24. The monoisotopic (exact) mass is 245 g/mol. The Kier molecular flexibility index (Phi) is 6.19. The molecule has 17 heavy (non-hydrogen) atoms.